The minimum Gasteiger partial charge on any atom is -0.353 e. The van der Waals surface area contributed by atoms with E-state index in [0.29, 0.717) is 0 Å². The van der Waals surface area contributed by atoms with E-state index in [2.05, 4.69) is 43.4 Å². The topological polar surface area (TPSA) is 29.1 Å². The molecule has 0 saturated heterocycles. The Labute approximate surface area is 131 Å². The molecule has 0 bridgehead atoms. The highest BCUT2D eigenvalue weighted by Gasteiger charge is 2.14. The zero-order valence-corrected chi connectivity index (χ0v) is 14.4. The van der Waals surface area contributed by atoms with Gasteiger partial charge in [-0.15, -0.1) is 0 Å². The molecule has 0 aliphatic carbocycles. The largest absolute Gasteiger partial charge is 0.353 e. The minimum atomic E-state index is 0.0919. The molecule has 0 aliphatic heterocycles. The summed E-state index contributed by atoms with van der Waals surface area (Å²) < 4.78 is 0. The fraction of sp³-hybridized carbons (Fsp3) is 0.562. The lowest BCUT2D eigenvalue weighted by molar-refractivity contribution is -0.124. The highest BCUT2D eigenvalue weighted by Crippen LogP contribution is 2.14. The van der Waals surface area contributed by atoms with Gasteiger partial charge in [-0.1, -0.05) is 36.8 Å². The quantitative estimate of drug-likeness (QED) is 0.793. The number of rotatable bonds is 8. The lowest BCUT2D eigenvalue weighted by Crippen LogP contribution is -2.38. The molecular formula is C16H25NOS2. The van der Waals surface area contributed by atoms with Gasteiger partial charge in [0, 0.05) is 29.2 Å². The molecule has 20 heavy (non-hydrogen) atoms. The number of aryl methyl sites for hydroxylation is 1. The number of hydrogen-bond acceptors (Lipinski definition) is 3. The zero-order chi connectivity index (χ0) is 15.0. The molecule has 0 aromatic heterocycles. The summed E-state index contributed by atoms with van der Waals surface area (Å²) in [6.45, 7) is 6.18. The molecule has 0 spiro atoms. The molecule has 1 N–H and O–H groups in total. The first kappa shape index (κ1) is 17.4. The van der Waals surface area contributed by atoms with Gasteiger partial charge in [0.1, 0.15) is 0 Å². The first-order chi connectivity index (χ1) is 9.52. The van der Waals surface area contributed by atoms with Gasteiger partial charge in [0.2, 0.25) is 5.91 Å². The average Bonchev–Trinajstić information content (AvgIpc) is 2.39. The van der Waals surface area contributed by atoms with Gasteiger partial charge in [-0.3, -0.25) is 4.79 Å². The summed E-state index contributed by atoms with van der Waals surface area (Å²) in [5.74, 6) is 3.10. The Kier molecular flexibility index (Phi) is 8.15. The second kappa shape index (κ2) is 9.35. The van der Waals surface area contributed by atoms with Crippen molar-refractivity contribution in [3.63, 3.8) is 0 Å². The van der Waals surface area contributed by atoms with Crippen LogP contribution in [0.1, 0.15) is 25.0 Å². The molecule has 2 atom stereocenters. The summed E-state index contributed by atoms with van der Waals surface area (Å²) in [5, 5.41) is 3.09. The van der Waals surface area contributed by atoms with Crippen molar-refractivity contribution in [2.24, 2.45) is 5.92 Å². The van der Waals surface area contributed by atoms with Crippen LogP contribution in [0.5, 0.6) is 0 Å². The van der Waals surface area contributed by atoms with Crippen LogP contribution in [-0.4, -0.2) is 29.7 Å². The molecule has 2 nitrogen and oxygen atoms in total. The van der Waals surface area contributed by atoms with Gasteiger partial charge in [0.05, 0.1) is 0 Å². The Morgan fingerprint density at radius 2 is 2.05 bits per heavy atom. The van der Waals surface area contributed by atoms with Crippen LogP contribution in [0.25, 0.3) is 0 Å². The molecule has 1 amide bonds. The lowest BCUT2D eigenvalue weighted by Gasteiger charge is -2.17. The van der Waals surface area contributed by atoms with Gasteiger partial charge < -0.3 is 5.32 Å². The van der Waals surface area contributed by atoms with E-state index < -0.39 is 0 Å². The van der Waals surface area contributed by atoms with Crippen LogP contribution in [0, 0.1) is 12.8 Å². The summed E-state index contributed by atoms with van der Waals surface area (Å²) in [7, 11) is 0. The molecule has 1 aromatic rings. The molecule has 1 rings (SSSR count). The molecule has 0 heterocycles. The van der Waals surface area contributed by atoms with Crippen LogP contribution in [0.3, 0.4) is 0 Å². The Hall–Kier alpha value is -0.610. The van der Waals surface area contributed by atoms with Crippen LogP contribution in [0.4, 0.5) is 0 Å². The fourth-order valence-electron chi connectivity index (χ4n) is 1.91. The zero-order valence-electron chi connectivity index (χ0n) is 12.8. The van der Waals surface area contributed by atoms with Crippen molar-refractivity contribution in [3.05, 3.63) is 35.4 Å². The highest BCUT2D eigenvalue weighted by atomic mass is 32.2. The van der Waals surface area contributed by atoms with E-state index in [1.165, 1.54) is 11.1 Å². The second-order valence-corrected chi connectivity index (χ2v) is 7.21. The van der Waals surface area contributed by atoms with Gasteiger partial charge >= 0.3 is 0 Å². The normalized spacial score (nSPS) is 13.8. The maximum atomic E-state index is 11.9. The minimum absolute atomic E-state index is 0.0919. The molecule has 0 aliphatic rings. The molecule has 4 heteroatoms. The van der Waals surface area contributed by atoms with Gasteiger partial charge in [-0.05, 0) is 25.7 Å². The highest BCUT2D eigenvalue weighted by molar-refractivity contribution is 7.98. The van der Waals surface area contributed by atoms with Crippen LogP contribution in [0.15, 0.2) is 24.3 Å². The lowest BCUT2D eigenvalue weighted by atomic mass is 10.2. The van der Waals surface area contributed by atoms with Gasteiger partial charge in [0.25, 0.3) is 0 Å². The van der Waals surface area contributed by atoms with Crippen molar-refractivity contribution in [1.29, 1.82) is 0 Å². The molecule has 0 fully saturated rings. The maximum Gasteiger partial charge on any atom is 0.223 e. The SMILES string of the molecule is CSCC(C)C(=O)NC(C)CSCc1cccc(C)c1. The third kappa shape index (κ3) is 6.71. The molecule has 1 aromatic carbocycles. The van der Waals surface area contributed by atoms with Crippen LogP contribution >= 0.6 is 23.5 Å². The standard InChI is InChI=1S/C16H25NOS2/c1-12-6-5-7-15(8-12)11-20-10-14(3)17-16(18)13(2)9-19-4/h5-8,13-14H,9-11H2,1-4H3,(H,17,18). The summed E-state index contributed by atoms with van der Waals surface area (Å²) in [5.41, 5.74) is 2.65. The van der Waals surface area contributed by atoms with Crippen LogP contribution < -0.4 is 5.32 Å². The summed E-state index contributed by atoms with van der Waals surface area (Å²) >= 11 is 3.59. The number of nitrogens with one attached hydrogen (secondary N) is 1. The van der Waals surface area contributed by atoms with Crippen LogP contribution in [0.2, 0.25) is 0 Å². The first-order valence-electron chi connectivity index (χ1n) is 6.95. The van der Waals surface area contributed by atoms with Gasteiger partial charge in [0.15, 0.2) is 0 Å². The number of carbonyl (C=O) groups is 1. The van der Waals surface area contributed by atoms with Gasteiger partial charge in [-0.2, -0.15) is 23.5 Å². The van der Waals surface area contributed by atoms with E-state index in [-0.39, 0.29) is 17.9 Å². The molecule has 0 saturated carbocycles. The third-order valence-electron chi connectivity index (χ3n) is 2.97. The van der Waals surface area contributed by atoms with Crippen molar-refractivity contribution in [3.8, 4) is 0 Å². The van der Waals surface area contributed by atoms with Crippen molar-refractivity contribution in [2.45, 2.75) is 32.6 Å². The number of carbonyl (C=O) groups excluding carboxylic acids is 1. The van der Waals surface area contributed by atoms with E-state index in [1.807, 2.05) is 24.9 Å². The Morgan fingerprint density at radius 3 is 2.70 bits per heavy atom. The first-order valence-corrected chi connectivity index (χ1v) is 9.50. The number of hydrogen-bond donors (Lipinski definition) is 1. The van der Waals surface area contributed by atoms with Crippen molar-refractivity contribution >= 4 is 29.4 Å². The second-order valence-electron chi connectivity index (χ2n) is 5.27. The molecule has 112 valence electrons. The summed E-state index contributed by atoms with van der Waals surface area (Å²) in [4.78, 5) is 11.9. The Balaban J connectivity index is 2.26. The molecular weight excluding hydrogens is 286 g/mol. The van der Waals surface area contributed by atoms with Crippen molar-refractivity contribution < 1.29 is 4.79 Å². The van der Waals surface area contributed by atoms with E-state index in [0.717, 1.165) is 17.3 Å². The van der Waals surface area contributed by atoms with Gasteiger partial charge in [-0.25, -0.2) is 0 Å². The van der Waals surface area contributed by atoms with Crippen molar-refractivity contribution in [2.75, 3.05) is 17.8 Å². The summed E-state index contributed by atoms with van der Waals surface area (Å²) in [6.07, 6.45) is 2.03. The van der Waals surface area contributed by atoms with E-state index in [1.54, 1.807) is 11.8 Å². The number of amides is 1. The number of benzene rings is 1. The van der Waals surface area contributed by atoms with E-state index in [9.17, 15) is 4.79 Å². The molecule has 2 unspecified atom stereocenters. The van der Waals surface area contributed by atoms with Crippen LogP contribution in [-0.2, 0) is 10.5 Å². The van der Waals surface area contributed by atoms with Crippen molar-refractivity contribution in [1.82, 2.24) is 5.32 Å². The maximum absolute atomic E-state index is 11.9. The predicted octanol–water partition coefficient (Wildman–Crippen LogP) is 3.73. The number of thioether (sulfide) groups is 2. The Bertz CT molecular complexity index is 423. The smallest absolute Gasteiger partial charge is 0.223 e. The Morgan fingerprint density at radius 1 is 1.30 bits per heavy atom. The van der Waals surface area contributed by atoms with E-state index >= 15 is 0 Å². The predicted molar refractivity (Wildman–Crippen MR) is 92.5 cm³/mol. The van der Waals surface area contributed by atoms with E-state index in [4.69, 9.17) is 0 Å². The fourth-order valence-corrected chi connectivity index (χ4v) is 3.53. The molecule has 0 radical (unpaired) electrons. The average molecular weight is 312 g/mol. The summed E-state index contributed by atoms with van der Waals surface area (Å²) in [6, 6.07) is 8.81. The third-order valence-corrected chi connectivity index (χ3v) is 5.08. The monoisotopic (exact) mass is 311 g/mol.